The van der Waals surface area contributed by atoms with E-state index in [0.717, 1.165) is 6.42 Å². The molecule has 0 aliphatic carbocycles. The maximum absolute atomic E-state index is 8.73. The summed E-state index contributed by atoms with van der Waals surface area (Å²) < 4.78 is 0. The van der Waals surface area contributed by atoms with Crippen LogP contribution in [0.25, 0.3) is 0 Å². The zero-order valence-corrected chi connectivity index (χ0v) is 8.47. The zero-order chi connectivity index (χ0) is 9.23. The van der Waals surface area contributed by atoms with Gasteiger partial charge in [-0.2, -0.15) is 0 Å². The van der Waals surface area contributed by atoms with E-state index in [1.807, 2.05) is 0 Å². The molecule has 0 aromatic rings. The molecule has 0 aliphatic rings. The third-order valence-electron chi connectivity index (χ3n) is 2.19. The Labute approximate surface area is 76.5 Å². The van der Waals surface area contributed by atoms with Crippen LogP contribution in [0.4, 0.5) is 0 Å². The van der Waals surface area contributed by atoms with Gasteiger partial charge in [0.25, 0.3) is 0 Å². The van der Waals surface area contributed by atoms with E-state index in [-0.39, 0.29) is 0 Å². The third kappa shape index (κ3) is 6.41. The van der Waals surface area contributed by atoms with Gasteiger partial charge in [0, 0.05) is 6.61 Å². The molecule has 0 heterocycles. The number of allylic oxidation sites excluding steroid dienone is 1. The highest BCUT2D eigenvalue weighted by Gasteiger charge is 1.95. The van der Waals surface area contributed by atoms with Crippen molar-refractivity contribution in [3.05, 3.63) is 11.6 Å². The van der Waals surface area contributed by atoms with Crippen LogP contribution in [0.1, 0.15) is 52.4 Å². The second-order valence-corrected chi connectivity index (χ2v) is 3.23. The largest absolute Gasteiger partial charge is 0.396 e. The van der Waals surface area contributed by atoms with E-state index in [1.165, 1.54) is 37.7 Å². The second kappa shape index (κ2) is 8.79. The van der Waals surface area contributed by atoms with Gasteiger partial charge in [0.15, 0.2) is 0 Å². The Morgan fingerprint density at radius 2 is 1.92 bits per heavy atom. The van der Waals surface area contributed by atoms with Crippen molar-refractivity contribution in [2.24, 2.45) is 0 Å². The molecular formula is C11H22O. The predicted molar refractivity (Wildman–Crippen MR) is 54.2 cm³/mol. The fraction of sp³-hybridized carbons (Fsp3) is 0.818. The summed E-state index contributed by atoms with van der Waals surface area (Å²) in [7, 11) is 0. The Bertz CT molecular complexity index is 116. The quantitative estimate of drug-likeness (QED) is 0.459. The number of unbranched alkanes of at least 4 members (excludes halogenated alkanes) is 3. The lowest BCUT2D eigenvalue weighted by Crippen LogP contribution is -1.89. The first-order valence-corrected chi connectivity index (χ1v) is 5.10. The first-order chi connectivity index (χ1) is 5.85. The standard InChI is InChI=1S/C11H22O/c1-3-5-6-7-8-11(4-2)9-10-12/h4,12H,3,5-10H2,1-2H3/b11-4+. The van der Waals surface area contributed by atoms with Crippen molar-refractivity contribution in [2.75, 3.05) is 6.61 Å². The molecule has 1 heteroatoms. The molecule has 0 aromatic carbocycles. The average Bonchev–Trinajstić information content (AvgIpc) is 2.10. The van der Waals surface area contributed by atoms with Crippen molar-refractivity contribution in [3.63, 3.8) is 0 Å². The van der Waals surface area contributed by atoms with Crippen LogP contribution >= 0.6 is 0 Å². The summed E-state index contributed by atoms with van der Waals surface area (Å²) in [4.78, 5) is 0. The molecule has 0 aliphatic heterocycles. The fourth-order valence-electron chi connectivity index (χ4n) is 1.34. The average molecular weight is 170 g/mol. The van der Waals surface area contributed by atoms with Gasteiger partial charge in [-0.3, -0.25) is 0 Å². The molecule has 0 rings (SSSR count). The van der Waals surface area contributed by atoms with Gasteiger partial charge in [0.1, 0.15) is 0 Å². The normalized spacial score (nSPS) is 12.1. The van der Waals surface area contributed by atoms with E-state index in [1.54, 1.807) is 0 Å². The highest BCUT2D eigenvalue weighted by Crippen LogP contribution is 2.12. The van der Waals surface area contributed by atoms with Gasteiger partial charge < -0.3 is 5.11 Å². The molecule has 12 heavy (non-hydrogen) atoms. The number of hydrogen-bond acceptors (Lipinski definition) is 1. The minimum Gasteiger partial charge on any atom is -0.396 e. The van der Waals surface area contributed by atoms with Gasteiger partial charge in [-0.05, 0) is 26.2 Å². The van der Waals surface area contributed by atoms with Crippen molar-refractivity contribution in [2.45, 2.75) is 52.4 Å². The first-order valence-electron chi connectivity index (χ1n) is 5.10. The van der Waals surface area contributed by atoms with Crippen molar-refractivity contribution in [1.82, 2.24) is 0 Å². The van der Waals surface area contributed by atoms with Gasteiger partial charge in [0.05, 0.1) is 0 Å². The maximum Gasteiger partial charge on any atom is 0.0468 e. The highest BCUT2D eigenvalue weighted by molar-refractivity contribution is 4.99. The van der Waals surface area contributed by atoms with Gasteiger partial charge in [-0.15, -0.1) is 0 Å². The van der Waals surface area contributed by atoms with Crippen molar-refractivity contribution >= 4 is 0 Å². The molecule has 0 spiro atoms. The van der Waals surface area contributed by atoms with Crippen molar-refractivity contribution in [3.8, 4) is 0 Å². The van der Waals surface area contributed by atoms with E-state index in [0.29, 0.717) is 6.61 Å². The molecule has 1 nitrogen and oxygen atoms in total. The lowest BCUT2D eigenvalue weighted by Gasteiger charge is -2.03. The van der Waals surface area contributed by atoms with E-state index in [9.17, 15) is 0 Å². The molecule has 72 valence electrons. The van der Waals surface area contributed by atoms with Crippen LogP contribution in [0, 0.1) is 0 Å². The Hall–Kier alpha value is -0.300. The topological polar surface area (TPSA) is 20.2 Å². The Balaban J connectivity index is 3.33. The number of aliphatic hydroxyl groups excluding tert-OH is 1. The Morgan fingerprint density at radius 1 is 1.17 bits per heavy atom. The Morgan fingerprint density at radius 3 is 2.42 bits per heavy atom. The van der Waals surface area contributed by atoms with Crippen LogP contribution in [0.2, 0.25) is 0 Å². The van der Waals surface area contributed by atoms with Gasteiger partial charge in [0.2, 0.25) is 0 Å². The second-order valence-electron chi connectivity index (χ2n) is 3.23. The van der Waals surface area contributed by atoms with Crippen LogP contribution in [-0.4, -0.2) is 11.7 Å². The molecule has 0 fully saturated rings. The molecule has 1 N–H and O–H groups in total. The monoisotopic (exact) mass is 170 g/mol. The van der Waals surface area contributed by atoms with Gasteiger partial charge >= 0.3 is 0 Å². The number of hydrogen-bond donors (Lipinski definition) is 1. The lowest BCUT2D eigenvalue weighted by atomic mass is 10.0. The summed E-state index contributed by atoms with van der Waals surface area (Å²) >= 11 is 0. The molecule has 0 aromatic heterocycles. The lowest BCUT2D eigenvalue weighted by molar-refractivity contribution is 0.297. The van der Waals surface area contributed by atoms with Crippen LogP contribution < -0.4 is 0 Å². The molecule has 0 bridgehead atoms. The molecule has 0 atom stereocenters. The van der Waals surface area contributed by atoms with Gasteiger partial charge in [-0.25, -0.2) is 0 Å². The van der Waals surface area contributed by atoms with Crippen LogP contribution in [0.3, 0.4) is 0 Å². The molecular weight excluding hydrogens is 148 g/mol. The van der Waals surface area contributed by atoms with E-state index >= 15 is 0 Å². The summed E-state index contributed by atoms with van der Waals surface area (Å²) in [6.45, 7) is 4.59. The minimum atomic E-state index is 0.299. The van der Waals surface area contributed by atoms with Crippen LogP contribution in [0.5, 0.6) is 0 Å². The smallest absolute Gasteiger partial charge is 0.0468 e. The summed E-state index contributed by atoms with van der Waals surface area (Å²) in [5.74, 6) is 0. The van der Waals surface area contributed by atoms with E-state index in [4.69, 9.17) is 5.11 Å². The third-order valence-corrected chi connectivity index (χ3v) is 2.19. The molecule has 0 saturated carbocycles. The van der Waals surface area contributed by atoms with Crippen LogP contribution in [-0.2, 0) is 0 Å². The number of aliphatic hydroxyl groups is 1. The van der Waals surface area contributed by atoms with Crippen molar-refractivity contribution in [1.29, 1.82) is 0 Å². The SMILES string of the molecule is C/C=C(/CCO)CCCCCC. The fourth-order valence-corrected chi connectivity index (χ4v) is 1.34. The summed E-state index contributed by atoms with van der Waals surface area (Å²) in [5.41, 5.74) is 1.41. The molecule has 0 radical (unpaired) electrons. The molecule has 0 amide bonds. The van der Waals surface area contributed by atoms with Crippen molar-refractivity contribution < 1.29 is 5.11 Å². The minimum absolute atomic E-state index is 0.299. The summed E-state index contributed by atoms with van der Waals surface area (Å²) in [5, 5.41) is 8.73. The first kappa shape index (κ1) is 11.7. The Kier molecular flexibility index (Phi) is 8.57. The summed E-state index contributed by atoms with van der Waals surface area (Å²) in [6, 6.07) is 0. The maximum atomic E-state index is 8.73. The van der Waals surface area contributed by atoms with Gasteiger partial charge in [-0.1, -0.05) is 37.8 Å². The number of rotatable bonds is 7. The summed E-state index contributed by atoms with van der Waals surface area (Å²) in [6.07, 6.45) is 9.44. The predicted octanol–water partition coefficient (Wildman–Crippen LogP) is 3.29. The highest BCUT2D eigenvalue weighted by atomic mass is 16.2. The van der Waals surface area contributed by atoms with Crippen LogP contribution in [0.15, 0.2) is 11.6 Å². The van der Waals surface area contributed by atoms with E-state index < -0.39 is 0 Å². The molecule has 0 saturated heterocycles. The molecule has 0 unspecified atom stereocenters. The zero-order valence-electron chi connectivity index (χ0n) is 8.47. The van der Waals surface area contributed by atoms with E-state index in [2.05, 4.69) is 19.9 Å².